The first-order valence-electron chi connectivity index (χ1n) is 5.33. The van der Waals surface area contributed by atoms with Crippen molar-refractivity contribution in [1.82, 2.24) is 0 Å². The largest absolute Gasteiger partial charge is 0.303 e. The summed E-state index contributed by atoms with van der Waals surface area (Å²) in [5, 5.41) is 0. The SMILES string of the molecule is CC1CCC(C=O)(CC(C)(C)C)C1. The highest BCUT2D eigenvalue weighted by molar-refractivity contribution is 5.60. The van der Waals surface area contributed by atoms with Crippen LogP contribution in [0.2, 0.25) is 0 Å². The van der Waals surface area contributed by atoms with Crippen molar-refractivity contribution in [2.45, 2.75) is 53.4 Å². The van der Waals surface area contributed by atoms with Crippen LogP contribution in [-0.2, 0) is 4.79 Å². The molecule has 0 saturated heterocycles. The van der Waals surface area contributed by atoms with Gasteiger partial charge in [0.15, 0.2) is 0 Å². The molecule has 1 aliphatic carbocycles. The van der Waals surface area contributed by atoms with E-state index in [2.05, 4.69) is 27.7 Å². The van der Waals surface area contributed by atoms with Crippen LogP contribution in [0.25, 0.3) is 0 Å². The van der Waals surface area contributed by atoms with E-state index in [4.69, 9.17) is 0 Å². The second-order valence-corrected chi connectivity index (χ2v) is 6.07. The predicted octanol–water partition coefficient (Wildman–Crippen LogP) is 3.43. The molecule has 0 aromatic carbocycles. The lowest BCUT2D eigenvalue weighted by Crippen LogP contribution is -2.25. The molecule has 1 saturated carbocycles. The first-order valence-corrected chi connectivity index (χ1v) is 5.33. The zero-order chi connectivity index (χ0) is 10.1. The zero-order valence-electron chi connectivity index (χ0n) is 9.39. The molecule has 0 heterocycles. The highest BCUT2D eigenvalue weighted by atomic mass is 16.1. The van der Waals surface area contributed by atoms with E-state index in [1.165, 1.54) is 12.7 Å². The van der Waals surface area contributed by atoms with Crippen LogP contribution in [0, 0.1) is 16.7 Å². The summed E-state index contributed by atoms with van der Waals surface area (Å²) in [5.74, 6) is 0.743. The average Bonchev–Trinajstić information content (AvgIpc) is 2.29. The summed E-state index contributed by atoms with van der Waals surface area (Å²) in [7, 11) is 0. The predicted molar refractivity (Wildman–Crippen MR) is 55.6 cm³/mol. The molecule has 0 aliphatic heterocycles. The van der Waals surface area contributed by atoms with Crippen LogP contribution in [0.1, 0.15) is 53.4 Å². The topological polar surface area (TPSA) is 17.1 Å². The lowest BCUT2D eigenvalue weighted by Gasteiger charge is -2.30. The Morgan fingerprint density at radius 3 is 2.38 bits per heavy atom. The number of hydrogen-bond acceptors (Lipinski definition) is 1. The van der Waals surface area contributed by atoms with E-state index in [9.17, 15) is 4.79 Å². The summed E-state index contributed by atoms with van der Waals surface area (Å²) < 4.78 is 0. The van der Waals surface area contributed by atoms with Crippen LogP contribution in [0.15, 0.2) is 0 Å². The molecular weight excluding hydrogens is 160 g/mol. The van der Waals surface area contributed by atoms with Gasteiger partial charge in [-0.05, 0) is 37.0 Å². The summed E-state index contributed by atoms with van der Waals surface area (Å²) in [4.78, 5) is 11.2. The minimum Gasteiger partial charge on any atom is -0.303 e. The van der Waals surface area contributed by atoms with Gasteiger partial charge in [-0.2, -0.15) is 0 Å². The first kappa shape index (κ1) is 10.7. The summed E-state index contributed by atoms with van der Waals surface area (Å²) in [6, 6.07) is 0. The van der Waals surface area contributed by atoms with Gasteiger partial charge in [-0.3, -0.25) is 0 Å². The third kappa shape index (κ3) is 2.82. The van der Waals surface area contributed by atoms with Crippen molar-refractivity contribution in [3.8, 4) is 0 Å². The van der Waals surface area contributed by atoms with Crippen molar-refractivity contribution >= 4 is 6.29 Å². The van der Waals surface area contributed by atoms with Crippen LogP contribution in [0.4, 0.5) is 0 Å². The van der Waals surface area contributed by atoms with Crippen molar-refractivity contribution in [3.63, 3.8) is 0 Å². The van der Waals surface area contributed by atoms with Crippen LogP contribution in [-0.4, -0.2) is 6.29 Å². The van der Waals surface area contributed by atoms with Crippen molar-refractivity contribution in [2.24, 2.45) is 16.7 Å². The Bertz CT molecular complexity index is 190. The first-order chi connectivity index (χ1) is 5.87. The van der Waals surface area contributed by atoms with Gasteiger partial charge >= 0.3 is 0 Å². The van der Waals surface area contributed by atoms with Gasteiger partial charge in [0.25, 0.3) is 0 Å². The third-order valence-electron chi connectivity index (χ3n) is 3.02. The lowest BCUT2D eigenvalue weighted by molar-refractivity contribution is -0.117. The van der Waals surface area contributed by atoms with Gasteiger partial charge in [-0.15, -0.1) is 0 Å². The standard InChI is InChI=1S/C12H22O/c1-10-5-6-12(7-10,9-13)8-11(2,3)4/h9-10H,5-8H2,1-4H3. The molecule has 0 radical (unpaired) electrons. The maximum atomic E-state index is 11.2. The van der Waals surface area contributed by atoms with Crippen LogP contribution in [0.3, 0.4) is 0 Å². The fourth-order valence-electron chi connectivity index (χ4n) is 2.80. The fourth-order valence-corrected chi connectivity index (χ4v) is 2.80. The number of aldehydes is 1. The maximum absolute atomic E-state index is 11.2. The van der Waals surface area contributed by atoms with E-state index < -0.39 is 0 Å². The molecule has 1 fully saturated rings. The molecule has 13 heavy (non-hydrogen) atoms. The molecule has 0 N–H and O–H groups in total. The summed E-state index contributed by atoms with van der Waals surface area (Å²) in [6.07, 6.45) is 5.72. The molecule has 1 nitrogen and oxygen atoms in total. The third-order valence-corrected chi connectivity index (χ3v) is 3.02. The van der Waals surface area contributed by atoms with Gasteiger partial charge in [0, 0.05) is 5.41 Å². The van der Waals surface area contributed by atoms with Gasteiger partial charge in [0.2, 0.25) is 0 Å². The van der Waals surface area contributed by atoms with E-state index in [0.717, 1.165) is 25.2 Å². The number of hydrogen-bond donors (Lipinski definition) is 0. The maximum Gasteiger partial charge on any atom is 0.126 e. The number of carbonyl (C=O) groups is 1. The van der Waals surface area contributed by atoms with Crippen molar-refractivity contribution in [1.29, 1.82) is 0 Å². The molecule has 1 aliphatic rings. The molecule has 76 valence electrons. The van der Waals surface area contributed by atoms with E-state index >= 15 is 0 Å². The van der Waals surface area contributed by atoms with Crippen LogP contribution in [0.5, 0.6) is 0 Å². The van der Waals surface area contributed by atoms with Gasteiger partial charge < -0.3 is 4.79 Å². The molecule has 1 heteroatoms. The second-order valence-electron chi connectivity index (χ2n) is 6.07. The highest BCUT2D eigenvalue weighted by Gasteiger charge is 2.39. The highest BCUT2D eigenvalue weighted by Crippen LogP contribution is 2.46. The summed E-state index contributed by atoms with van der Waals surface area (Å²) in [6.45, 7) is 8.93. The van der Waals surface area contributed by atoms with E-state index in [1.807, 2.05) is 0 Å². The molecule has 2 unspecified atom stereocenters. The average molecular weight is 182 g/mol. The van der Waals surface area contributed by atoms with E-state index in [-0.39, 0.29) is 10.8 Å². The summed E-state index contributed by atoms with van der Waals surface area (Å²) >= 11 is 0. The monoisotopic (exact) mass is 182 g/mol. The van der Waals surface area contributed by atoms with Gasteiger partial charge in [0.05, 0.1) is 0 Å². The molecule has 0 aromatic rings. The van der Waals surface area contributed by atoms with Crippen LogP contribution < -0.4 is 0 Å². The zero-order valence-corrected chi connectivity index (χ0v) is 9.39. The Hall–Kier alpha value is -0.330. The Morgan fingerprint density at radius 2 is 2.08 bits per heavy atom. The molecule has 0 spiro atoms. The molecule has 0 amide bonds. The van der Waals surface area contributed by atoms with Crippen molar-refractivity contribution < 1.29 is 4.79 Å². The van der Waals surface area contributed by atoms with Gasteiger partial charge in [-0.1, -0.05) is 27.7 Å². The lowest BCUT2D eigenvalue weighted by atomic mass is 9.73. The number of rotatable bonds is 2. The summed E-state index contributed by atoms with van der Waals surface area (Å²) in [5.41, 5.74) is 0.294. The molecule has 1 rings (SSSR count). The fraction of sp³-hybridized carbons (Fsp3) is 0.917. The van der Waals surface area contributed by atoms with E-state index in [0.29, 0.717) is 0 Å². The van der Waals surface area contributed by atoms with E-state index in [1.54, 1.807) is 0 Å². The number of carbonyl (C=O) groups excluding carboxylic acids is 1. The van der Waals surface area contributed by atoms with Crippen molar-refractivity contribution in [2.75, 3.05) is 0 Å². The second kappa shape index (κ2) is 3.43. The minimum atomic E-state index is 0.0116. The Kier molecular flexibility index (Phi) is 2.84. The Morgan fingerprint density at radius 1 is 1.46 bits per heavy atom. The molecule has 0 bridgehead atoms. The Labute approximate surface area is 81.9 Å². The smallest absolute Gasteiger partial charge is 0.126 e. The quantitative estimate of drug-likeness (QED) is 0.598. The molecule has 2 atom stereocenters. The van der Waals surface area contributed by atoms with Gasteiger partial charge in [-0.25, -0.2) is 0 Å². The molecular formula is C12H22O. The van der Waals surface area contributed by atoms with Crippen LogP contribution >= 0.6 is 0 Å². The molecule has 0 aromatic heterocycles. The van der Waals surface area contributed by atoms with Crippen molar-refractivity contribution in [3.05, 3.63) is 0 Å². The van der Waals surface area contributed by atoms with Gasteiger partial charge in [0.1, 0.15) is 6.29 Å². The Balaban J connectivity index is 2.66. The normalized spacial score (nSPS) is 34.9. The minimum absolute atomic E-state index is 0.0116.